The van der Waals surface area contributed by atoms with Crippen molar-refractivity contribution < 1.29 is 72.8 Å². The molecule has 0 aromatic heterocycles. The van der Waals surface area contributed by atoms with Crippen molar-refractivity contribution in [2.45, 2.75) is 90.3 Å². The Bertz CT molecular complexity index is 1520. The van der Waals surface area contributed by atoms with Gasteiger partial charge in [-0.1, -0.05) is 0 Å². The van der Waals surface area contributed by atoms with Crippen molar-refractivity contribution in [2.75, 3.05) is 13.7 Å². The van der Waals surface area contributed by atoms with Gasteiger partial charge in [0.2, 0.25) is 0 Å². The number of methoxy groups -OCH3 is 1. The minimum Gasteiger partial charge on any atom is -0.508 e. The number of phenols is 3. The summed E-state index contributed by atoms with van der Waals surface area (Å²) in [6, 6.07) is 4.74. The molecule has 5 atom stereocenters. The van der Waals surface area contributed by atoms with Crippen molar-refractivity contribution in [3.63, 3.8) is 0 Å². The third-order valence-corrected chi connectivity index (χ3v) is 7.04. The molecular weight excluding hydrogens is 636 g/mol. The topological polar surface area (TPSA) is 222 Å². The molecule has 0 spiro atoms. The Balaban J connectivity index is 1.90. The molecule has 2 aromatic carbocycles. The van der Waals surface area contributed by atoms with E-state index >= 15 is 0 Å². The van der Waals surface area contributed by atoms with E-state index in [1.807, 2.05) is 0 Å². The van der Waals surface area contributed by atoms with Gasteiger partial charge < -0.3 is 48.8 Å². The molecule has 48 heavy (non-hydrogen) atoms. The number of hydrogen-bond donors (Lipinski definition) is 4. The Morgan fingerprint density at radius 2 is 1.06 bits per heavy atom. The van der Waals surface area contributed by atoms with Gasteiger partial charge in [-0.3, -0.25) is 14.4 Å². The molecule has 2 aromatic rings. The van der Waals surface area contributed by atoms with Gasteiger partial charge in [0.15, 0.2) is 0 Å². The fourth-order valence-corrected chi connectivity index (χ4v) is 5.02. The number of phenolic OH excluding ortho intramolecular Hbond substituents is 3. The second-order valence-corrected chi connectivity index (χ2v) is 11.6. The van der Waals surface area contributed by atoms with Crippen LogP contribution in [-0.2, 0) is 50.9 Å². The average Bonchev–Trinajstić information content (AvgIpc) is 2.94. The number of benzene rings is 2. The fourth-order valence-electron chi connectivity index (χ4n) is 5.02. The molecule has 0 amide bonds. The van der Waals surface area contributed by atoms with Crippen LogP contribution in [0.25, 0.3) is 0 Å². The molecule has 0 saturated carbocycles. The quantitative estimate of drug-likeness (QED) is 0.252. The molecule has 0 unspecified atom stereocenters. The van der Waals surface area contributed by atoms with Crippen LogP contribution in [0.2, 0.25) is 0 Å². The first-order valence-electron chi connectivity index (χ1n) is 15.2. The highest BCUT2D eigenvalue weighted by Gasteiger charge is 2.28. The Labute approximate surface area is 276 Å². The van der Waals surface area contributed by atoms with E-state index in [1.54, 1.807) is 0 Å². The first kappa shape index (κ1) is 37.4. The highest BCUT2D eigenvalue weighted by atomic mass is 16.6. The number of carbonyl (C=O) groups excluding carboxylic acids is 5. The zero-order valence-corrected chi connectivity index (χ0v) is 27.2. The zero-order valence-electron chi connectivity index (χ0n) is 27.2. The zero-order chi connectivity index (χ0) is 35.7. The summed E-state index contributed by atoms with van der Waals surface area (Å²) >= 11 is 0. The number of aromatic hydroxyl groups is 3. The lowest BCUT2D eigenvalue weighted by molar-refractivity contribution is -0.156. The maximum Gasteiger partial charge on any atom is 0.342 e. The van der Waals surface area contributed by atoms with Crippen LogP contribution >= 0.6 is 0 Å². The predicted octanol–water partition coefficient (Wildman–Crippen LogP) is 2.64. The van der Waals surface area contributed by atoms with E-state index in [9.17, 15) is 44.4 Å². The lowest BCUT2D eigenvalue weighted by Gasteiger charge is -2.20. The molecule has 0 bridgehead atoms. The Morgan fingerprint density at radius 1 is 0.604 bits per heavy atom. The van der Waals surface area contributed by atoms with Crippen LogP contribution in [0.5, 0.6) is 23.0 Å². The molecule has 0 saturated heterocycles. The molecule has 4 N–H and O–H groups in total. The third kappa shape index (κ3) is 10.8. The van der Waals surface area contributed by atoms with E-state index in [1.165, 1.54) is 53.0 Å². The SMILES string of the molecule is COc1cc(O)c2c(c1)C[C@@H](C)OC(=O)C[C@@H](C)OC(=O)c1c(O)cc(O)cc1C[C@@H](C)OC(=O)C[C@H](O)COC(=O)C[C@@H](C)OC2=O. The van der Waals surface area contributed by atoms with Crippen molar-refractivity contribution in [1.29, 1.82) is 0 Å². The first-order valence-corrected chi connectivity index (χ1v) is 15.2. The summed E-state index contributed by atoms with van der Waals surface area (Å²) < 4.78 is 31.7. The minimum atomic E-state index is -1.44. The molecule has 15 heteroatoms. The van der Waals surface area contributed by atoms with Crippen LogP contribution in [-0.4, -0.2) is 94.5 Å². The lowest BCUT2D eigenvalue weighted by Crippen LogP contribution is -2.27. The molecule has 1 aliphatic heterocycles. The summed E-state index contributed by atoms with van der Waals surface area (Å²) in [6.45, 7) is 5.28. The Hall–Kier alpha value is -5.05. The van der Waals surface area contributed by atoms with Crippen molar-refractivity contribution in [3.8, 4) is 23.0 Å². The Kier molecular flexibility index (Phi) is 13.0. The first-order chi connectivity index (χ1) is 22.6. The Morgan fingerprint density at radius 3 is 1.60 bits per heavy atom. The van der Waals surface area contributed by atoms with Crippen LogP contribution in [0.15, 0.2) is 24.3 Å². The summed E-state index contributed by atoms with van der Waals surface area (Å²) in [5.74, 6) is -5.77. The molecular formula is C33H40O15. The van der Waals surface area contributed by atoms with Crippen molar-refractivity contribution in [3.05, 3.63) is 46.5 Å². The van der Waals surface area contributed by atoms with Gasteiger partial charge >= 0.3 is 29.8 Å². The highest BCUT2D eigenvalue weighted by Crippen LogP contribution is 2.32. The molecule has 0 radical (unpaired) electrons. The predicted molar refractivity (Wildman–Crippen MR) is 164 cm³/mol. The summed E-state index contributed by atoms with van der Waals surface area (Å²) in [7, 11) is 1.35. The molecule has 0 aliphatic carbocycles. The molecule has 3 rings (SSSR count). The van der Waals surface area contributed by atoms with Gasteiger partial charge in [0.05, 0.1) is 32.5 Å². The van der Waals surface area contributed by atoms with Crippen LogP contribution in [0.3, 0.4) is 0 Å². The fraction of sp³-hybridized carbons (Fsp3) is 0.485. The second-order valence-electron chi connectivity index (χ2n) is 11.6. The van der Waals surface area contributed by atoms with Gasteiger partial charge in [-0.05, 0) is 51.0 Å². The van der Waals surface area contributed by atoms with Crippen molar-refractivity contribution in [1.82, 2.24) is 0 Å². The average molecular weight is 677 g/mol. The van der Waals surface area contributed by atoms with Crippen LogP contribution in [0.1, 0.15) is 78.8 Å². The van der Waals surface area contributed by atoms with Crippen LogP contribution < -0.4 is 4.74 Å². The largest absolute Gasteiger partial charge is 0.508 e. The van der Waals surface area contributed by atoms with Crippen LogP contribution in [0, 0.1) is 0 Å². The molecule has 1 heterocycles. The maximum absolute atomic E-state index is 13.1. The van der Waals surface area contributed by atoms with Crippen LogP contribution in [0.4, 0.5) is 0 Å². The van der Waals surface area contributed by atoms with E-state index < -0.39 is 97.7 Å². The molecule has 1 aliphatic rings. The van der Waals surface area contributed by atoms with E-state index in [0.29, 0.717) is 0 Å². The van der Waals surface area contributed by atoms with E-state index in [0.717, 1.165) is 6.07 Å². The van der Waals surface area contributed by atoms with E-state index in [2.05, 4.69) is 0 Å². The van der Waals surface area contributed by atoms with E-state index in [-0.39, 0.29) is 46.6 Å². The number of cyclic esters (lactones) is 5. The smallest absolute Gasteiger partial charge is 0.342 e. The lowest BCUT2D eigenvalue weighted by atomic mass is 10.00. The third-order valence-electron chi connectivity index (χ3n) is 7.04. The standard InChI is InChI=1S/C33H40O15/c1-16-6-20-10-22(34)12-25(36)30(20)32(41)48-19(4)9-28(39)45-17(2)7-21-11-24(43-5)14-26(37)31(21)33(42)47-18(3)8-27(38)44-15-23(35)13-29(40)46-16/h10-12,14,16-19,23,34-37H,6-9,13,15H2,1-5H3/t16-,17-,18-,19-,23+/m1/s1. The maximum atomic E-state index is 13.1. The van der Waals surface area contributed by atoms with Gasteiger partial charge in [-0.15, -0.1) is 0 Å². The summed E-state index contributed by atoms with van der Waals surface area (Å²) in [5.41, 5.74) is -0.298. The van der Waals surface area contributed by atoms with E-state index in [4.69, 9.17) is 28.4 Å². The highest BCUT2D eigenvalue weighted by molar-refractivity contribution is 5.95. The molecule has 15 nitrogen and oxygen atoms in total. The van der Waals surface area contributed by atoms with Gasteiger partial charge in [0, 0.05) is 25.0 Å². The molecule has 262 valence electrons. The monoisotopic (exact) mass is 676 g/mol. The van der Waals surface area contributed by atoms with Crippen molar-refractivity contribution >= 4 is 29.8 Å². The minimum absolute atomic E-state index is 0.0735. The number of fused-ring (bicyclic) bond motifs is 2. The van der Waals surface area contributed by atoms with Crippen molar-refractivity contribution in [2.24, 2.45) is 0 Å². The normalized spacial score (nSPS) is 24.2. The number of carbonyl (C=O) groups is 5. The number of hydrogen-bond acceptors (Lipinski definition) is 15. The van der Waals surface area contributed by atoms with Gasteiger partial charge in [0.1, 0.15) is 65.1 Å². The van der Waals surface area contributed by atoms with Gasteiger partial charge in [-0.2, -0.15) is 0 Å². The number of esters is 5. The summed E-state index contributed by atoms with van der Waals surface area (Å²) in [4.78, 5) is 63.8. The number of ether oxygens (including phenoxy) is 6. The number of aliphatic hydroxyl groups excluding tert-OH is 1. The summed E-state index contributed by atoms with van der Waals surface area (Å²) in [6.07, 6.45) is -6.89. The molecule has 0 fully saturated rings. The number of rotatable bonds is 1. The second kappa shape index (κ2) is 16.7. The van der Waals surface area contributed by atoms with Gasteiger partial charge in [0.25, 0.3) is 0 Å². The van der Waals surface area contributed by atoms with Gasteiger partial charge in [-0.25, -0.2) is 9.59 Å². The summed E-state index contributed by atoms with van der Waals surface area (Å²) in [5, 5.41) is 41.4. The number of aliphatic hydroxyl groups is 1.